The molecule has 2 aromatic carbocycles. The molecule has 0 amide bonds. The molecular formula is C21H17F9O2. The van der Waals surface area contributed by atoms with Crippen molar-refractivity contribution < 1.29 is 49.0 Å². The maximum absolute atomic E-state index is 14.4. The first kappa shape index (κ1) is 24.1. The summed E-state index contributed by atoms with van der Waals surface area (Å²) in [5, 5.41) is 0. The Hall–Kier alpha value is -2.59. The van der Waals surface area contributed by atoms with E-state index in [1.54, 1.807) is 0 Å². The van der Waals surface area contributed by atoms with Gasteiger partial charge >= 0.3 is 12.2 Å². The first-order chi connectivity index (χ1) is 14.8. The first-order valence-electron chi connectivity index (χ1n) is 9.58. The summed E-state index contributed by atoms with van der Waals surface area (Å²) in [6.07, 6.45) is -7.35. The van der Waals surface area contributed by atoms with Gasteiger partial charge in [-0.15, -0.1) is 0 Å². The minimum atomic E-state index is -4.83. The Morgan fingerprint density at radius 2 is 1.12 bits per heavy atom. The number of rotatable bonds is 6. The van der Waals surface area contributed by atoms with E-state index in [4.69, 9.17) is 0 Å². The molecule has 0 aliphatic heterocycles. The quantitative estimate of drug-likeness (QED) is 0.324. The number of benzene rings is 2. The molecule has 0 spiro atoms. The van der Waals surface area contributed by atoms with E-state index in [0.29, 0.717) is 12.8 Å². The number of ether oxygens (including phenoxy) is 2. The van der Waals surface area contributed by atoms with Crippen LogP contribution in [-0.4, -0.2) is 6.11 Å². The number of hydrogen-bond donors (Lipinski definition) is 0. The van der Waals surface area contributed by atoms with E-state index >= 15 is 0 Å². The van der Waals surface area contributed by atoms with Crippen LogP contribution in [0.1, 0.15) is 38.2 Å². The van der Waals surface area contributed by atoms with E-state index in [1.807, 2.05) is 6.92 Å². The summed E-state index contributed by atoms with van der Waals surface area (Å²) in [6, 6.07) is 0.345. The molecule has 0 unspecified atom stereocenters. The Morgan fingerprint density at radius 3 is 1.62 bits per heavy atom. The number of hydrogen-bond acceptors (Lipinski definition) is 2. The van der Waals surface area contributed by atoms with Crippen LogP contribution < -0.4 is 9.47 Å². The molecule has 0 heterocycles. The second-order valence-electron chi connectivity index (χ2n) is 7.70. The fraction of sp³-hybridized carbons (Fsp3) is 0.429. The predicted molar refractivity (Wildman–Crippen MR) is 93.9 cm³/mol. The van der Waals surface area contributed by atoms with Gasteiger partial charge in [-0.1, -0.05) is 19.8 Å². The highest BCUT2D eigenvalue weighted by Gasteiger charge is 2.45. The number of halogens is 9. The molecule has 11 heteroatoms. The standard InChI is InChI=1S/C21H17F9O2/c1-10-2-4-11(5-3-10)20(27,28)31-12-6-14(22)18(15(23)7-12)21(29,30)32-13-8-16(24)19(26)17(25)9-13/h6-11H,2-5H2,1H3. The van der Waals surface area contributed by atoms with E-state index in [1.165, 1.54) is 0 Å². The summed E-state index contributed by atoms with van der Waals surface area (Å²) >= 11 is 0. The summed E-state index contributed by atoms with van der Waals surface area (Å²) in [5.74, 6) is -13.0. The Morgan fingerprint density at radius 1 is 0.688 bits per heavy atom. The molecule has 0 saturated heterocycles. The molecule has 0 atom stereocenters. The molecule has 2 aromatic rings. The van der Waals surface area contributed by atoms with Crippen LogP contribution in [0, 0.1) is 40.9 Å². The van der Waals surface area contributed by atoms with Crippen LogP contribution in [0.2, 0.25) is 0 Å². The number of alkyl halides is 4. The zero-order valence-electron chi connectivity index (χ0n) is 16.5. The van der Waals surface area contributed by atoms with E-state index < -0.39 is 64.3 Å². The van der Waals surface area contributed by atoms with Crippen LogP contribution in [0.4, 0.5) is 39.5 Å². The van der Waals surface area contributed by atoms with Crippen LogP contribution in [0.3, 0.4) is 0 Å². The molecule has 1 aliphatic rings. The molecule has 0 N–H and O–H groups in total. The average molecular weight is 472 g/mol. The lowest BCUT2D eigenvalue weighted by atomic mass is 9.82. The molecule has 1 saturated carbocycles. The Labute approximate surface area is 176 Å². The van der Waals surface area contributed by atoms with E-state index in [-0.39, 0.29) is 43.0 Å². The van der Waals surface area contributed by atoms with Gasteiger partial charge in [0.15, 0.2) is 17.5 Å². The van der Waals surface area contributed by atoms with Gasteiger partial charge in [0.1, 0.15) is 28.7 Å². The van der Waals surface area contributed by atoms with Crippen LogP contribution in [0.25, 0.3) is 0 Å². The summed E-state index contributed by atoms with van der Waals surface area (Å²) in [6.45, 7) is 1.90. The summed E-state index contributed by atoms with van der Waals surface area (Å²) in [7, 11) is 0. The van der Waals surface area contributed by atoms with Gasteiger partial charge in [0.25, 0.3) is 0 Å². The zero-order valence-corrected chi connectivity index (χ0v) is 16.5. The summed E-state index contributed by atoms with van der Waals surface area (Å²) in [4.78, 5) is 0. The minimum Gasteiger partial charge on any atom is -0.432 e. The van der Waals surface area contributed by atoms with Crippen molar-refractivity contribution >= 4 is 0 Å². The molecule has 1 aliphatic carbocycles. The van der Waals surface area contributed by atoms with Gasteiger partial charge in [-0.3, -0.25) is 0 Å². The van der Waals surface area contributed by atoms with E-state index in [9.17, 15) is 39.5 Å². The van der Waals surface area contributed by atoms with Gasteiger partial charge in [0, 0.05) is 24.3 Å². The van der Waals surface area contributed by atoms with Gasteiger partial charge in [0.2, 0.25) is 0 Å². The predicted octanol–water partition coefficient (Wildman–Crippen LogP) is 7.31. The van der Waals surface area contributed by atoms with Crippen molar-refractivity contribution in [1.29, 1.82) is 0 Å². The Kier molecular flexibility index (Phi) is 6.57. The summed E-state index contributed by atoms with van der Waals surface area (Å²) < 4.78 is 134. The van der Waals surface area contributed by atoms with Gasteiger partial charge in [-0.05, 0) is 18.8 Å². The molecule has 0 aromatic heterocycles. The zero-order chi connectivity index (χ0) is 23.8. The van der Waals surface area contributed by atoms with Crippen LogP contribution in [-0.2, 0) is 6.11 Å². The molecule has 3 rings (SSSR count). The van der Waals surface area contributed by atoms with Crippen molar-refractivity contribution in [1.82, 2.24) is 0 Å². The topological polar surface area (TPSA) is 18.5 Å². The SMILES string of the molecule is CC1CCC(C(F)(F)Oc2cc(F)c(C(F)(F)Oc3cc(F)c(F)c(F)c3)c(F)c2)CC1. The highest BCUT2D eigenvalue weighted by Crippen LogP contribution is 2.42. The second kappa shape index (κ2) is 8.74. The van der Waals surface area contributed by atoms with Crippen LogP contribution in [0.15, 0.2) is 24.3 Å². The molecule has 2 nitrogen and oxygen atoms in total. The Bertz CT molecular complexity index is 939. The van der Waals surface area contributed by atoms with Gasteiger partial charge in [-0.2, -0.15) is 17.6 Å². The maximum atomic E-state index is 14.4. The third kappa shape index (κ3) is 5.07. The van der Waals surface area contributed by atoms with Crippen molar-refractivity contribution in [2.75, 3.05) is 0 Å². The van der Waals surface area contributed by atoms with E-state index in [2.05, 4.69) is 9.47 Å². The molecule has 0 bridgehead atoms. The Balaban J connectivity index is 1.83. The normalized spacial score (nSPS) is 19.7. The van der Waals surface area contributed by atoms with Gasteiger partial charge in [-0.25, -0.2) is 22.0 Å². The first-order valence-corrected chi connectivity index (χ1v) is 9.58. The molecular weight excluding hydrogens is 455 g/mol. The smallest absolute Gasteiger partial charge is 0.432 e. The lowest BCUT2D eigenvalue weighted by Gasteiger charge is -2.32. The lowest BCUT2D eigenvalue weighted by molar-refractivity contribution is -0.223. The minimum absolute atomic E-state index is 0.0468. The van der Waals surface area contributed by atoms with Gasteiger partial charge in [0.05, 0.1) is 5.92 Å². The lowest BCUT2D eigenvalue weighted by Crippen LogP contribution is -2.37. The maximum Gasteiger partial charge on any atom is 0.432 e. The summed E-state index contributed by atoms with van der Waals surface area (Å²) in [5.41, 5.74) is -2.01. The molecule has 1 fully saturated rings. The monoisotopic (exact) mass is 472 g/mol. The van der Waals surface area contributed by atoms with Crippen LogP contribution in [0.5, 0.6) is 11.5 Å². The highest BCUT2D eigenvalue weighted by atomic mass is 19.3. The van der Waals surface area contributed by atoms with Gasteiger partial charge < -0.3 is 9.47 Å². The molecule has 176 valence electrons. The fourth-order valence-corrected chi connectivity index (χ4v) is 3.51. The third-order valence-corrected chi connectivity index (χ3v) is 5.26. The molecule has 32 heavy (non-hydrogen) atoms. The van der Waals surface area contributed by atoms with Crippen molar-refractivity contribution in [2.45, 2.75) is 44.8 Å². The van der Waals surface area contributed by atoms with Crippen molar-refractivity contribution in [3.63, 3.8) is 0 Å². The third-order valence-electron chi connectivity index (χ3n) is 5.26. The highest BCUT2D eigenvalue weighted by molar-refractivity contribution is 5.34. The molecule has 0 radical (unpaired) electrons. The van der Waals surface area contributed by atoms with Crippen molar-refractivity contribution in [3.05, 3.63) is 58.9 Å². The van der Waals surface area contributed by atoms with Crippen molar-refractivity contribution in [3.8, 4) is 11.5 Å². The van der Waals surface area contributed by atoms with E-state index in [0.717, 1.165) is 0 Å². The fourth-order valence-electron chi connectivity index (χ4n) is 3.51. The van der Waals surface area contributed by atoms with Crippen molar-refractivity contribution in [2.24, 2.45) is 11.8 Å². The van der Waals surface area contributed by atoms with Crippen LogP contribution >= 0.6 is 0 Å². The average Bonchev–Trinajstić information content (AvgIpc) is 2.64. The largest absolute Gasteiger partial charge is 0.432 e. The second-order valence-corrected chi connectivity index (χ2v) is 7.70.